The fourth-order valence-corrected chi connectivity index (χ4v) is 6.65. The van der Waals surface area contributed by atoms with E-state index in [4.69, 9.17) is 23.2 Å². The van der Waals surface area contributed by atoms with Crippen LogP contribution in [0.25, 0.3) is 0 Å². The second-order valence-electron chi connectivity index (χ2n) is 10.4. The van der Waals surface area contributed by atoms with Gasteiger partial charge in [-0.15, -0.1) is 0 Å². The van der Waals surface area contributed by atoms with Crippen molar-refractivity contribution in [3.8, 4) is 0 Å². The summed E-state index contributed by atoms with van der Waals surface area (Å²) in [6, 6.07) is 5.36. The molecule has 1 spiro atoms. The Morgan fingerprint density at radius 2 is 1.97 bits per heavy atom. The van der Waals surface area contributed by atoms with Crippen LogP contribution in [0.15, 0.2) is 18.2 Å². The van der Waals surface area contributed by atoms with Crippen LogP contribution in [0.5, 0.6) is 0 Å². The first-order chi connectivity index (χ1) is 17.7. The van der Waals surface area contributed by atoms with Crippen LogP contribution in [0.4, 0.5) is 10.2 Å². The molecule has 8 nitrogen and oxygen atoms in total. The Kier molecular flexibility index (Phi) is 5.93. The van der Waals surface area contributed by atoms with Crippen molar-refractivity contribution in [1.82, 2.24) is 29.5 Å². The predicted molar refractivity (Wildman–Crippen MR) is 140 cm³/mol. The van der Waals surface area contributed by atoms with Crippen molar-refractivity contribution in [3.05, 3.63) is 68.1 Å². The molecule has 1 aliphatic carbocycles. The third-order valence-corrected chi connectivity index (χ3v) is 8.61. The average Bonchev–Trinajstić information content (AvgIpc) is 3.29. The molecule has 194 valence electrons. The molecule has 0 N–H and O–H groups in total. The third kappa shape index (κ3) is 3.82. The molecule has 2 aliphatic heterocycles. The minimum Gasteiger partial charge on any atom is -0.350 e. The van der Waals surface area contributed by atoms with E-state index < -0.39 is 5.54 Å². The lowest BCUT2D eigenvalue weighted by atomic mass is 9.80. The lowest BCUT2D eigenvalue weighted by molar-refractivity contribution is 0.0821. The Labute approximate surface area is 225 Å². The summed E-state index contributed by atoms with van der Waals surface area (Å²) < 4.78 is 16.9. The van der Waals surface area contributed by atoms with Gasteiger partial charge in [0.05, 0.1) is 28.5 Å². The number of amides is 1. The predicted octanol–water partition coefficient (Wildman–Crippen LogP) is 4.06. The largest absolute Gasteiger partial charge is 0.350 e. The molecule has 0 fully saturated rings. The Balaban J connectivity index is 1.39. The van der Waals surface area contributed by atoms with Gasteiger partial charge in [0.1, 0.15) is 11.6 Å². The number of benzene rings is 1. The zero-order valence-corrected chi connectivity index (χ0v) is 22.6. The number of aryl methyl sites for hydroxylation is 2. The van der Waals surface area contributed by atoms with Gasteiger partial charge < -0.3 is 9.80 Å². The van der Waals surface area contributed by atoms with E-state index in [2.05, 4.69) is 31.9 Å². The number of anilines is 1. The summed E-state index contributed by atoms with van der Waals surface area (Å²) in [6.07, 6.45) is 3.03. The number of carbonyl (C=O) groups excluding carboxylic acids is 1. The van der Waals surface area contributed by atoms with E-state index in [1.165, 1.54) is 4.90 Å². The molecular formula is C26H28Cl2FN7O. The highest BCUT2D eigenvalue weighted by Gasteiger charge is 2.48. The molecule has 0 saturated heterocycles. The Morgan fingerprint density at radius 1 is 1.16 bits per heavy atom. The highest BCUT2D eigenvalue weighted by atomic mass is 35.5. The van der Waals surface area contributed by atoms with Crippen LogP contribution in [0.1, 0.15) is 51.4 Å². The van der Waals surface area contributed by atoms with Gasteiger partial charge in [-0.05, 0) is 49.5 Å². The summed E-state index contributed by atoms with van der Waals surface area (Å²) >= 11 is 13.2. The Morgan fingerprint density at radius 3 is 2.76 bits per heavy atom. The molecule has 0 radical (unpaired) electrons. The number of carbonyl (C=O) groups is 1. The zero-order chi connectivity index (χ0) is 26.1. The summed E-state index contributed by atoms with van der Waals surface area (Å²) in [4.78, 5) is 27.8. The summed E-state index contributed by atoms with van der Waals surface area (Å²) in [7, 11) is 5.42. The van der Waals surface area contributed by atoms with Gasteiger partial charge in [-0.1, -0.05) is 23.7 Å². The van der Waals surface area contributed by atoms with Gasteiger partial charge in [0.2, 0.25) is 5.28 Å². The molecule has 1 aromatic carbocycles. The smallest absolute Gasteiger partial charge is 0.275 e. The highest BCUT2D eigenvalue weighted by molar-refractivity contribution is 6.34. The number of fused-ring (bicyclic) bond motifs is 4. The molecule has 37 heavy (non-hydrogen) atoms. The van der Waals surface area contributed by atoms with Crippen LogP contribution >= 0.6 is 23.2 Å². The maximum atomic E-state index is 15.1. The van der Waals surface area contributed by atoms with Crippen molar-refractivity contribution in [2.45, 2.75) is 50.9 Å². The summed E-state index contributed by atoms with van der Waals surface area (Å²) in [6.45, 7) is 2.39. The first kappa shape index (κ1) is 24.6. The Hall–Kier alpha value is -2.75. The van der Waals surface area contributed by atoms with Gasteiger partial charge in [0.25, 0.3) is 5.91 Å². The lowest BCUT2D eigenvalue weighted by Gasteiger charge is -2.44. The van der Waals surface area contributed by atoms with Crippen molar-refractivity contribution >= 4 is 34.9 Å². The average molecular weight is 544 g/mol. The standard InChI is InChI=1S/C26H28Cl2FN7O/c1-33(2)24(37)22-21(27)19-14-35(10-5-11-36(19)32-22)23-16-13-34(3)26(12-18(16)30-25(28)31-23)9-8-15-6-4-7-17(29)20(15)26/h4,6-7H,5,8-14H2,1-3H3/t26-/m0/s1. The number of hydrogen-bond acceptors (Lipinski definition) is 6. The van der Waals surface area contributed by atoms with E-state index in [9.17, 15) is 4.79 Å². The molecule has 0 unspecified atom stereocenters. The second kappa shape index (κ2) is 8.92. The number of aromatic nitrogens is 4. The van der Waals surface area contributed by atoms with E-state index in [0.29, 0.717) is 31.1 Å². The fourth-order valence-electron chi connectivity index (χ4n) is 6.19. The molecule has 0 saturated carbocycles. The molecule has 1 amide bonds. The molecule has 3 aromatic rings. The van der Waals surface area contributed by atoms with Gasteiger partial charge in [-0.3, -0.25) is 14.4 Å². The number of halogens is 3. The van der Waals surface area contributed by atoms with Crippen LogP contribution in [0.3, 0.4) is 0 Å². The monoisotopic (exact) mass is 543 g/mol. The first-order valence-corrected chi connectivity index (χ1v) is 13.2. The van der Waals surface area contributed by atoms with Crippen LogP contribution in [0.2, 0.25) is 10.3 Å². The molecular weight excluding hydrogens is 516 g/mol. The van der Waals surface area contributed by atoms with Crippen molar-refractivity contribution < 1.29 is 9.18 Å². The van der Waals surface area contributed by atoms with Crippen molar-refractivity contribution in [3.63, 3.8) is 0 Å². The second-order valence-corrected chi connectivity index (χ2v) is 11.1. The molecule has 4 heterocycles. The molecule has 11 heteroatoms. The van der Waals surface area contributed by atoms with E-state index >= 15 is 4.39 Å². The maximum Gasteiger partial charge on any atom is 0.275 e. The zero-order valence-electron chi connectivity index (χ0n) is 21.1. The number of hydrogen-bond donors (Lipinski definition) is 0. The number of nitrogens with zero attached hydrogens (tertiary/aromatic N) is 7. The normalized spacial score (nSPS) is 21.0. The number of likely N-dealkylation sites (N-methyl/N-ethyl adjacent to an activating group) is 1. The molecule has 3 aliphatic rings. The van der Waals surface area contributed by atoms with Gasteiger partial charge in [-0.25, -0.2) is 14.4 Å². The maximum absolute atomic E-state index is 15.1. The summed E-state index contributed by atoms with van der Waals surface area (Å²) in [5, 5.41) is 5.06. The van der Waals surface area contributed by atoms with Crippen molar-refractivity contribution in [1.29, 1.82) is 0 Å². The molecule has 0 bridgehead atoms. The van der Waals surface area contributed by atoms with Gasteiger partial charge in [0, 0.05) is 51.3 Å². The van der Waals surface area contributed by atoms with Gasteiger partial charge in [-0.2, -0.15) is 5.10 Å². The SMILES string of the molecule is CN(C)C(=O)c1nn2c(c1Cl)CN(c1nc(Cl)nc3c1CN(C)[C@@]1(CCc4cccc(F)c41)C3)CCC2. The molecule has 6 rings (SSSR count). The highest BCUT2D eigenvalue weighted by Crippen LogP contribution is 2.49. The van der Waals surface area contributed by atoms with Crippen LogP contribution in [-0.2, 0) is 38.0 Å². The third-order valence-electron chi connectivity index (χ3n) is 8.04. The lowest BCUT2D eigenvalue weighted by Crippen LogP contribution is -2.48. The van der Waals surface area contributed by atoms with E-state index in [1.54, 1.807) is 26.2 Å². The summed E-state index contributed by atoms with van der Waals surface area (Å²) in [5.74, 6) is 0.370. The quantitative estimate of drug-likeness (QED) is 0.454. The van der Waals surface area contributed by atoms with Gasteiger partial charge in [0.15, 0.2) is 5.69 Å². The minimum atomic E-state index is -0.454. The molecule has 1 atom stereocenters. The summed E-state index contributed by atoms with van der Waals surface area (Å²) in [5.41, 5.74) is 4.28. The van der Waals surface area contributed by atoms with Crippen LogP contribution in [0, 0.1) is 5.82 Å². The first-order valence-electron chi connectivity index (χ1n) is 12.5. The Bertz CT molecular complexity index is 1420. The van der Waals surface area contributed by atoms with Gasteiger partial charge >= 0.3 is 0 Å². The van der Waals surface area contributed by atoms with E-state index in [0.717, 1.165) is 59.7 Å². The number of rotatable bonds is 2. The van der Waals surface area contributed by atoms with Crippen molar-refractivity contribution in [2.75, 3.05) is 32.6 Å². The van der Waals surface area contributed by atoms with E-state index in [1.807, 2.05) is 10.7 Å². The van der Waals surface area contributed by atoms with Crippen molar-refractivity contribution in [2.24, 2.45) is 0 Å². The topological polar surface area (TPSA) is 70.4 Å². The van der Waals surface area contributed by atoms with Crippen LogP contribution in [-0.4, -0.2) is 63.1 Å². The van der Waals surface area contributed by atoms with Crippen LogP contribution < -0.4 is 4.90 Å². The van der Waals surface area contributed by atoms with E-state index in [-0.39, 0.29) is 22.7 Å². The fraction of sp³-hybridized carbons (Fsp3) is 0.462. The minimum absolute atomic E-state index is 0.163. The molecule has 2 aromatic heterocycles.